The molecule has 1 saturated carbocycles. The topological polar surface area (TPSA) is 15.7 Å². The third kappa shape index (κ3) is 6.36. The first-order valence-corrected chi connectivity index (χ1v) is 12.1. The van der Waals surface area contributed by atoms with Crippen LogP contribution in [0.1, 0.15) is 71.3 Å². The summed E-state index contributed by atoms with van der Waals surface area (Å²) < 4.78 is 19.9. The van der Waals surface area contributed by atoms with E-state index in [-0.39, 0.29) is 18.2 Å². The van der Waals surface area contributed by atoms with Crippen molar-refractivity contribution < 1.29 is 9.13 Å². The summed E-state index contributed by atoms with van der Waals surface area (Å²) in [5.74, 6) is 1.14. The zero-order valence-electron chi connectivity index (χ0n) is 20.0. The van der Waals surface area contributed by atoms with E-state index in [0.717, 1.165) is 58.2 Å². The molecule has 5 heteroatoms. The van der Waals surface area contributed by atoms with Crippen LogP contribution in [0, 0.1) is 22.6 Å². The summed E-state index contributed by atoms with van der Waals surface area (Å²) in [6, 6.07) is 5.55. The fraction of sp³-hybridized carbons (Fsp3) is 0.769. The van der Waals surface area contributed by atoms with E-state index in [1.807, 2.05) is 12.1 Å². The fourth-order valence-corrected chi connectivity index (χ4v) is 6.67. The number of nitrogens with zero attached hydrogens (tertiary/aromatic N) is 2. The summed E-state index contributed by atoms with van der Waals surface area (Å²) in [5.41, 5.74) is 3.13. The van der Waals surface area contributed by atoms with Gasteiger partial charge in [-0.25, -0.2) is 4.39 Å². The zero-order valence-corrected chi connectivity index (χ0v) is 20.8. The standard InChI is InChI=1S/C26H41FN2O.ClH/c1-25(2)16-21(17-26(3,4)19-25)23-15-22(27)5-6-24(23)29-11-9-28(10-12-29)18-20-7-13-30-14-8-20;/h5-6,15,20-21H,7-14,16-19H2,1-4H3;1H. The van der Waals surface area contributed by atoms with E-state index in [1.165, 1.54) is 37.1 Å². The first-order chi connectivity index (χ1) is 14.2. The van der Waals surface area contributed by atoms with Gasteiger partial charge in [-0.05, 0) is 78.5 Å². The fourth-order valence-electron chi connectivity index (χ4n) is 6.67. The van der Waals surface area contributed by atoms with Crippen LogP contribution in [0.2, 0.25) is 0 Å². The molecule has 0 spiro atoms. The molecule has 0 aromatic heterocycles. The quantitative estimate of drug-likeness (QED) is 0.547. The number of ether oxygens (including phenoxy) is 1. The molecule has 2 heterocycles. The van der Waals surface area contributed by atoms with Gasteiger partial charge in [0.05, 0.1) is 0 Å². The Morgan fingerprint density at radius 2 is 1.58 bits per heavy atom. The van der Waals surface area contributed by atoms with Gasteiger partial charge in [0.1, 0.15) is 5.82 Å². The Morgan fingerprint density at radius 1 is 0.968 bits per heavy atom. The molecule has 176 valence electrons. The first kappa shape index (κ1) is 24.8. The lowest BCUT2D eigenvalue weighted by molar-refractivity contribution is 0.0517. The van der Waals surface area contributed by atoms with Gasteiger partial charge in [-0.3, -0.25) is 4.90 Å². The lowest BCUT2D eigenvalue weighted by atomic mass is 9.60. The second-order valence-corrected chi connectivity index (χ2v) is 11.7. The van der Waals surface area contributed by atoms with Crippen molar-refractivity contribution in [2.45, 2.75) is 65.7 Å². The number of hydrogen-bond acceptors (Lipinski definition) is 3. The number of benzene rings is 1. The molecule has 1 aliphatic carbocycles. The molecule has 0 bridgehead atoms. The number of halogens is 2. The van der Waals surface area contributed by atoms with Crippen LogP contribution >= 0.6 is 12.4 Å². The van der Waals surface area contributed by atoms with E-state index >= 15 is 0 Å². The molecular formula is C26H42ClFN2O. The normalized spacial score (nSPS) is 25.3. The summed E-state index contributed by atoms with van der Waals surface area (Å²) >= 11 is 0. The summed E-state index contributed by atoms with van der Waals surface area (Å²) in [7, 11) is 0. The molecule has 0 amide bonds. The van der Waals surface area contributed by atoms with E-state index in [1.54, 1.807) is 6.07 Å². The molecule has 0 unspecified atom stereocenters. The second kappa shape index (κ2) is 9.97. The third-order valence-corrected chi connectivity index (χ3v) is 7.55. The summed E-state index contributed by atoms with van der Waals surface area (Å²) in [4.78, 5) is 5.15. The minimum atomic E-state index is -0.0897. The predicted molar refractivity (Wildman–Crippen MR) is 130 cm³/mol. The van der Waals surface area contributed by atoms with Gasteiger partial charge in [0.15, 0.2) is 0 Å². The Labute approximate surface area is 195 Å². The number of piperazine rings is 1. The minimum Gasteiger partial charge on any atom is -0.381 e. The maximum absolute atomic E-state index is 14.3. The molecule has 31 heavy (non-hydrogen) atoms. The molecule has 0 radical (unpaired) electrons. The maximum Gasteiger partial charge on any atom is 0.123 e. The Balaban J connectivity index is 0.00000272. The molecule has 3 nitrogen and oxygen atoms in total. The van der Waals surface area contributed by atoms with Gasteiger partial charge in [0.25, 0.3) is 0 Å². The number of hydrogen-bond donors (Lipinski definition) is 0. The molecule has 2 saturated heterocycles. The van der Waals surface area contributed by atoms with E-state index in [4.69, 9.17) is 4.74 Å². The van der Waals surface area contributed by atoms with Gasteiger partial charge in [-0.15, -0.1) is 12.4 Å². The van der Waals surface area contributed by atoms with Crippen LogP contribution in [-0.2, 0) is 4.74 Å². The number of rotatable bonds is 4. The SMILES string of the molecule is CC1(C)CC(c2cc(F)ccc2N2CCN(CC3CCOCC3)CC2)CC(C)(C)C1.Cl. The largest absolute Gasteiger partial charge is 0.381 e. The summed E-state index contributed by atoms with van der Waals surface area (Å²) in [5, 5.41) is 0. The van der Waals surface area contributed by atoms with E-state index in [9.17, 15) is 4.39 Å². The van der Waals surface area contributed by atoms with Gasteiger partial charge in [0.2, 0.25) is 0 Å². The van der Waals surface area contributed by atoms with Crippen LogP contribution in [-0.4, -0.2) is 50.8 Å². The van der Waals surface area contributed by atoms with Gasteiger partial charge in [-0.2, -0.15) is 0 Å². The van der Waals surface area contributed by atoms with Crippen molar-refractivity contribution >= 4 is 18.1 Å². The van der Waals surface area contributed by atoms with Crippen LogP contribution in [0.4, 0.5) is 10.1 Å². The molecule has 2 aliphatic heterocycles. The average molecular weight is 453 g/mol. The summed E-state index contributed by atoms with van der Waals surface area (Å²) in [6.07, 6.45) is 5.95. The van der Waals surface area contributed by atoms with Crippen molar-refractivity contribution in [3.8, 4) is 0 Å². The maximum atomic E-state index is 14.3. The molecule has 0 N–H and O–H groups in total. The molecule has 0 atom stereocenters. The molecule has 3 fully saturated rings. The van der Waals surface area contributed by atoms with Crippen LogP contribution in [0.3, 0.4) is 0 Å². The Bertz CT molecular complexity index is 708. The van der Waals surface area contributed by atoms with Crippen molar-refractivity contribution in [2.24, 2.45) is 16.7 Å². The van der Waals surface area contributed by atoms with E-state index in [2.05, 4.69) is 37.5 Å². The van der Waals surface area contributed by atoms with E-state index in [0.29, 0.717) is 16.7 Å². The first-order valence-electron chi connectivity index (χ1n) is 12.1. The zero-order chi connectivity index (χ0) is 21.4. The van der Waals surface area contributed by atoms with Gasteiger partial charge in [-0.1, -0.05) is 27.7 Å². The lowest BCUT2D eigenvalue weighted by Gasteiger charge is -2.46. The molecule has 1 aromatic rings. The summed E-state index contributed by atoms with van der Waals surface area (Å²) in [6.45, 7) is 16.9. The Kier molecular flexibility index (Phi) is 7.97. The predicted octanol–water partition coefficient (Wildman–Crippen LogP) is 6.12. The molecule has 1 aromatic carbocycles. The molecule has 3 aliphatic rings. The smallest absolute Gasteiger partial charge is 0.123 e. The minimum absolute atomic E-state index is 0. The number of anilines is 1. The van der Waals surface area contributed by atoms with Crippen LogP contribution < -0.4 is 4.90 Å². The highest BCUT2D eigenvalue weighted by Crippen LogP contribution is 2.53. The van der Waals surface area contributed by atoms with Gasteiger partial charge >= 0.3 is 0 Å². The highest BCUT2D eigenvalue weighted by Gasteiger charge is 2.40. The van der Waals surface area contributed by atoms with Crippen molar-refractivity contribution in [1.82, 2.24) is 4.90 Å². The van der Waals surface area contributed by atoms with Crippen LogP contribution in [0.15, 0.2) is 18.2 Å². The second-order valence-electron chi connectivity index (χ2n) is 11.7. The van der Waals surface area contributed by atoms with Crippen LogP contribution in [0.5, 0.6) is 0 Å². The molecule has 4 rings (SSSR count). The Hall–Kier alpha value is -0.840. The van der Waals surface area contributed by atoms with Crippen molar-refractivity contribution in [3.05, 3.63) is 29.6 Å². The highest BCUT2D eigenvalue weighted by atomic mass is 35.5. The van der Waals surface area contributed by atoms with Crippen molar-refractivity contribution in [2.75, 3.05) is 50.8 Å². The average Bonchev–Trinajstić information content (AvgIpc) is 2.67. The van der Waals surface area contributed by atoms with Gasteiger partial charge in [0, 0.05) is 51.6 Å². The Morgan fingerprint density at radius 3 is 2.19 bits per heavy atom. The monoisotopic (exact) mass is 452 g/mol. The van der Waals surface area contributed by atoms with Gasteiger partial charge < -0.3 is 9.64 Å². The highest BCUT2D eigenvalue weighted by molar-refractivity contribution is 5.85. The lowest BCUT2D eigenvalue weighted by Crippen LogP contribution is -2.48. The molecular weight excluding hydrogens is 411 g/mol. The van der Waals surface area contributed by atoms with Crippen molar-refractivity contribution in [1.29, 1.82) is 0 Å². The van der Waals surface area contributed by atoms with E-state index < -0.39 is 0 Å². The van der Waals surface area contributed by atoms with Crippen LogP contribution in [0.25, 0.3) is 0 Å². The van der Waals surface area contributed by atoms with Crippen molar-refractivity contribution in [3.63, 3.8) is 0 Å². The third-order valence-electron chi connectivity index (χ3n) is 7.55.